The molecule has 2 aliphatic rings. The van der Waals surface area contributed by atoms with E-state index in [0.29, 0.717) is 34.8 Å². The normalized spacial score (nSPS) is 21.4. The Kier molecular flexibility index (Phi) is 13.9. The van der Waals surface area contributed by atoms with Gasteiger partial charge in [0.25, 0.3) is 0 Å². The lowest BCUT2D eigenvalue weighted by atomic mass is 9.72. The number of aliphatic hydroxyl groups is 1. The first-order valence-corrected chi connectivity index (χ1v) is 18.4. The van der Waals surface area contributed by atoms with E-state index in [1.165, 1.54) is 6.42 Å². The van der Waals surface area contributed by atoms with Gasteiger partial charge in [0.1, 0.15) is 11.8 Å². The summed E-state index contributed by atoms with van der Waals surface area (Å²) < 4.78 is 0.661. The molecule has 1 heterocycles. The molecule has 0 aromatic heterocycles. The Balaban J connectivity index is 1.50. The first kappa shape index (κ1) is 38.6. The number of aliphatic hydroxyl groups excluding tert-OH is 1. The summed E-state index contributed by atoms with van der Waals surface area (Å²) >= 11 is 2.01. The predicted molar refractivity (Wildman–Crippen MR) is 196 cm³/mol. The molecule has 0 bridgehead atoms. The van der Waals surface area contributed by atoms with Gasteiger partial charge < -0.3 is 31.9 Å². The van der Waals surface area contributed by atoms with Crippen LogP contribution in [0.3, 0.4) is 0 Å². The van der Waals surface area contributed by atoms with Crippen LogP contribution in [0.15, 0.2) is 48.5 Å². The minimum absolute atomic E-state index is 0.0502. The van der Waals surface area contributed by atoms with Crippen LogP contribution in [-0.2, 0) is 32.0 Å². The largest absolute Gasteiger partial charge is 0.507 e. The lowest BCUT2D eigenvalue weighted by Gasteiger charge is -2.47. The molecule has 1 aliphatic heterocycles. The van der Waals surface area contributed by atoms with Crippen LogP contribution in [0.1, 0.15) is 76.8 Å². The third-order valence-corrected chi connectivity index (χ3v) is 10.4. The number of hydrogen-bond donors (Lipinski definition) is 6. The molecule has 1 unspecified atom stereocenters. The van der Waals surface area contributed by atoms with Crippen molar-refractivity contribution in [3.8, 4) is 5.75 Å². The van der Waals surface area contributed by atoms with E-state index in [9.17, 15) is 29.4 Å². The molecule has 268 valence electrons. The topological polar surface area (TPSA) is 174 Å². The standard InChI is InChI=1S/C37H52IN5O6/c1-37(2,3)42-36(49)30-19-25-11-7-8-12-26(25)21-43(30)22-32(45)28(18-23-9-5-4-6-10-23)41-35(48)29(20-33(39)46)40-34(47)16-14-24-13-15-31(44)27(38)17-24/h4-6,9-10,13,15,17,25-26,28-30,32,44-45H,7-8,11-12,14,16,18-22H2,1-3H3,(H2,39,46)(H,40,47)(H,41,48)(H,42,49)/t25-,26+,28-,29?,30-,32+/m0/s1/i38-2. The number of halogens is 1. The minimum Gasteiger partial charge on any atom is -0.507 e. The molecule has 1 saturated heterocycles. The summed E-state index contributed by atoms with van der Waals surface area (Å²) in [4.78, 5) is 54.4. The molecule has 2 aromatic rings. The monoisotopic (exact) mass is 787 g/mol. The number of fused-ring (bicyclic) bond motifs is 1. The molecule has 1 aliphatic carbocycles. The van der Waals surface area contributed by atoms with Crippen molar-refractivity contribution < 1.29 is 29.4 Å². The molecule has 49 heavy (non-hydrogen) atoms. The fourth-order valence-corrected chi connectivity index (χ4v) is 7.65. The molecule has 4 rings (SSSR count). The van der Waals surface area contributed by atoms with Gasteiger partial charge in [-0.3, -0.25) is 24.1 Å². The number of phenolic OH excluding ortho intramolecular Hbond substituents is 1. The van der Waals surface area contributed by atoms with Gasteiger partial charge in [-0.1, -0.05) is 55.7 Å². The number of nitrogens with one attached hydrogen (secondary N) is 3. The second kappa shape index (κ2) is 17.6. The van der Waals surface area contributed by atoms with Crippen molar-refractivity contribution in [3.05, 3.63) is 63.2 Å². The van der Waals surface area contributed by atoms with Crippen molar-refractivity contribution >= 4 is 46.2 Å². The van der Waals surface area contributed by atoms with Crippen LogP contribution >= 0.6 is 22.6 Å². The van der Waals surface area contributed by atoms with Crippen LogP contribution in [-0.4, -0.2) is 81.6 Å². The van der Waals surface area contributed by atoms with Crippen molar-refractivity contribution in [1.82, 2.24) is 20.9 Å². The smallest absolute Gasteiger partial charge is 0.243 e. The van der Waals surface area contributed by atoms with E-state index in [2.05, 4.69) is 20.9 Å². The average molecular weight is 788 g/mol. The van der Waals surface area contributed by atoms with E-state index in [1.807, 2.05) is 73.7 Å². The molecule has 11 nitrogen and oxygen atoms in total. The molecule has 0 spiro atoms. The molecule has 0 radical (unpaired) electrons. The Morgan fingerprint density at radius 1 is 1.00 bits per heavy atom. The third-order valence-electron chi connectivity index (χ3n) is 9.53. The van der Waals surface area contributed by atoms with Gasteiger partial charge in [-0.25, -0.2) is 0 Å². The van der Waals surface area contributed by atoms with Gasteiger partial charge in [-0.05, 0) is 104 Å². The third kappa shape index (κ3) is 12.0. The molecule has 2 fully saturated rings. The Morgan fingerprint density at radius 3 is 2.35 bits per heavy atom. The molecule has 1 saturated carbocycles. The van der Waals surface area contributed by atoms with Gasteiger partial charge in [0, 0.05) is 25.0 Å². The van der Waals surface area contributed by atoms with Crippen molar-refractivity contribution in [2.75, 3.05) is 13.1 Å². The van der Waals surface area contributed by atoms with Crippen molar-refractivity contribution in [2.24, 2.45) is 17.6 Å². The van der Waals surface area contributed by atoms with E-state index in [-0.39, 0.29) is 24.6 Å². The summed E-state index contributed by atoms with van der Waals surface area (Å²) in [5.41, 5.74) is 6.81. The molecule has 4 amide bonds. The highest BCUT2D eigenvalue weighted by molar-refractivity contribution is 14.1. The first-order valence-electron chi connectivity index (χ1n) is 17.3. The Morgan fingerprint density at radius 2 is 1.69 bits per heavy atom. The number of nitrogens with two attached hydrogens (primary N) is 1. The van der Waals surface area contributed by atoms with Crippen LogP contribution in [0, 0.1) is 15.4 Å². The summed E-state index contributed by atoms with van der Waals surface area (Å²) in [5, 5.41) is 30.3. The van der Waals surface area contributed by atoms with Crippen LogP contribution in [0.25, 0.3) is 0 Å². The zero-order chi connectivity index (χ0) is 35.7. The van der Waals surface area contributed by atoms with Crippen LogP contribution < -0.4 is 21.7 Å². The molecule has 12 heteroatoms. The van der Waals surface area contributed by atoms with Gasteiger partial charge >= 0.3 is 0 Å². The predicted octanol–water partition coefficient (Wildman–Crippen LogP) is 3.17. The van der Waals surface area contributed by atoms with Gasteiger partial charge in [-0.2, -0.15) is 0 Å². The zero-order valence-electron chi connectivity index (χ0n) is 28.8. The van der Waals surface area contributed by atoms with E-state index in [4.69, 9.17) is 5.73 Å². The highest BCUT2D eigenvalue weighted by Crippen LogP contribution is 2.39. The van der Waals surface area contributed by atoms with Crippen LogP contribution in [0.4, 0.5) is 0 Å². The second-order valence-electron chi connectivity index (χ2n) is 14.7. The number of β-amino-alcohol motifs (C(OH)–C–C–N with tert-alkyl or cyclic N) is 1. The molecule has 6 atom stereocenters. The number of aryl methyl sites for hydroxylation is 1. The highest BCUT2D eigenvalue weighted by atomic mass is 125. The SMILES string of the molecule is CC(C)(C)NC(=O)[C@@H]1C[C@@H]2CCCC[C@@H]2CN1C[C@@H](O)[C@H](Cc1ccccc1)NC(=O)C(CC(N)=O)NC(=O)CCc1ccc(O)c([125I])c1. The molecular formula is C37H52IN5O6. The van der Waals surface area contributed by atoms with Crippen LogP contribution in [0.5, 0.6) is 5.75 Å². The van der Waals surface area contributed by atoms with E-state index in [0.717, 1.165) is 36.8 Å². The summed E-state index contributed by atoms with van der Waals surface area (Å²) in [7, 11) is 0. The number of nitrogens with zero attached hydrogens (tertiary/aromatic N) is 1. The Bertz CT molecular complexity index is 1450. The molecule has 7 N–H and O–H groups in total. The average Bonchev–Trinajstić information content (AvgIpc) is 3.03. The van der Waals surface area contributed by atoms with Crippen molar-refractivity contribution in [3.63, 3.8) is 0 Å². The van der Waals surface area contributed by atoms with Crippen LogP contribution in [0.2, 0.25) is 0 Å². The van der Waals surface area contributed by atoms with Gasteiger partial charge in [-0.15, -0.1) is 0 Å². The number of likely N-dealkylation sites (tertiary alicyclic amines) is 1. The molecular weight excluding hydrogens is 735 g/mol. The number of amides is 4. The fourth-order valence-electron chi connectivity index (χ4n) is 7.07. The number of carbonyl (C=O) groups is 4. The minimum atomic E-state index is -1.24. The lowest BCUT2D eigenvalue weighted by Crippen LogP contribution is -2.61. The molecule has 2 aromatic carbocycles. The summed E-state index contributed by atoms with van der Waals surface area (Å²) in [6, 6.07) is 12.1. The summed E-state index contributed by atoms with van der Waals surface area (Å²) in [6.07, 6.45) is 4.49. The maximum atomic E-state index is 13.7. The number of aromatic hydroxyl groups is 1. The van der Waals surface area contributed by atoms with Crippen molar-refractivity contribution in [2.45, 2.75) is 108 Å². The number of rotatable bonds is 14. The fraction of sp³-hybridized carbons (Fsp3) is 0.568. The zero-order valence-corrected chi connectivity index (χ0v) is 30.9. The quantitative estimate of drug-likeness (QED) is 0.160. The number of carbonyl (C=O) groups excluding carboxylic acids is 4. The van der Waals surface area contributed by atoms with E-state index in [1.54, 1.807) is 18.2 Å². The number of primary amides is 1. The Labute approximate surface area is 303 Å². The second-order valence-corrected chi connectivity index (χ2v) is 15.9. The number of benzene rings is 2. The van der Waals surface area contributed by atoms with Crippen molar-refractivity contribution in [1.29, 1.82) is 0 Å². The number of phenols is 1. The van der Waals surface area contributed by atoms with Gasteiger partial charge in [0.2, 0.25) is 23.6 Å². The lowest BCUT2D eigenvalue weighted by molar-refractivity contribution is -0.133. The summed E-state index contributed by atoms with van der Waals surface area (Å²) in [5.74, 6) is -0.806. The maximum Gasteiger partial charge on any atom is 0.243 e. The van der Waals surface area contributed by atoms with E-state index < -0.39 is 53.9 Å². The first-order chi connectivity index (χ1) is 23.2. The van der Waals surface area contributed by atoms with Gasteiger partial charge in [0.05, 0.1) is 28.2 Å². The Hall–Kier alpha value is -3.23. The maximum absolute atomic E-state index is 13.7. The summed E-state index contributed by atoms with van der Waals surface area (Å²) in [6.45, 7) is 6.73. The highest BCUT2D eigenvalue weighted by Gasteiger charge is 2.42. The number of hydrogen-bond acceptors (Lipinski definition) is 7. The number of piperidine rings is 1. The van der Waals surface area contributed by atoms with Gasteiger partial charge in [0.15, 0.2) is 0 Å². The van der Waals surface area contributed by atoms with E-state index >= 15 is 0 Å².